The van der Waals surface area contributed by atoms with Gasteiger partial charge in [-0.05, 0) is 36.3 Å². The number of nitrogens with one attached hydrogen (secondary N) is 2. The highest BCUT2D eigenvalue weighted by molar-refractivity contribution is 6.03. The number of ether oxygens (including phenoxy) is 1. The molecule has 0 unspecified atom stereocenters. The summed E-state index contributed by atoms with van der Waals surface area (Å²) in [6, 6.07) is 5.71. The second-order valence-corrected chi connectivity index (χ2v) is 4.51. The molecule has 1 aromatic rings. The highest BCUT2D eigenvalue weighted by Crippen LogP contribution is 2.28. The van der Waals surface area contributed by atoms with Crippen molar-refractivity contribution < 1.29 is 17.9 Å². The molecule has 8 heteroatoms. The van der Waals surface area contributed by atoms with Crippen molar-refractivity contribution in [3.8, 4) is 5.75 Å². The number of alkyl halides is 3. The quantitative estimate of drug-likeness (QED) is 0.880. The molecule has 2 aliphatic heterocycles. The lowest BCUT2D eigenvalue weighted by Gasteiger charge is -2.21. The molecule has 0 spiro atoms. The van der Waals surface area contributed by atoms with Crippen LogP contribution in [0, 0.1) is 0 Å². The fourth-order valence-electron chi connectivity index (χ4n) is 2.09. The van der Waals surface area contributed by atoms with E-state index in [0.717, 1.165) is 22.5 Å². The summed E-state index contributed by atoms with van der Waals surface area (Å²) in [7, 11) is 0. The van der Waals surface area contributed by atoms with E-state index in [1.807, 2.05) is 13.0 Å². The van der Waals surface area contributed by atoms with Gasteiger partial charge in [0.05, 0.1) is 0 Å². The highest BCUT2D eigenvalue weighted by atomic mass is 19.4. The summed E-state index contributed by atoms with van der Waals surface area (Å²) >= 11 is 0. The first kappa shape index (κ1) is 13.5. The first-order chi connectivity index (χ1) is 9.92. The normalized spacial score (nSPS) is 17.5. The van der Waals surface area contributed by atoms with Crippen molar-refractivity contribution >= 4 is 11.4 Å². The smallest absolute Gasteiger partial charge is 0.406 e. The fourth-order valence-corrected chi connectivity index (χ4v) is 2.09. The van der Waals surface area contributed by atoms with Crippen molar-refractivity contribution in [3.05, 3.63) is 47.7 Å². The molecule has 110 valence electrons. The van der Waals surface area contributed by atoms with Crippen LogP contribution in [0.25, 0.3) is 5.57 Å². The third-order valence-electron chi connectivity index (χ3n) is 2.97. The van der Waals surface area contributed by atoms with E-state index in [-0.39, 0.29) is 5.75 Å². The summed E-state index contributed by atoms with van der Waals surface area (Å²) in [4.78, 5) is 0. The third-order valence-corrected chi connectivity index (χ3v) is 2.97. The van der Waals surface area contributed by atoms with Crippen molar-refractivity contribution in [2.75, 3.05) is 0 Å². The standard InChI is InChI=1S/C13H11F3N4O/c1-8-6-10(7-20-12(8)17-18-19-20)9-2-4-11(5-3-9)21-13(14,15)16/h2-7,18-19H,1H3. The molecule has 0 saturated carbocycles. The van der Waals surface area contributed by atoms with Gasteiger partial charge in [0.2, 0.25) is 0 Å². The lowest BCUT2D eigenvalue weighted by molar-refractivity contribution is -0.274. The Morgan fingerprint density at radius 1 is 1.19 bits per heavy atom. The average molecular weight is 296 g/mol. The molecule has 21 heavy (non-hydrogen) atoms. The van der Waals surface area contributed by atoms with E-state index >= 15 is 0 Å². The Kier molecular flexibility index (Phi) is 3.09. The van der Waals surface area contributed by atoms with Crippen LogP contribution in [0.5, 0.6) is 5.75 Å². The van der Waals surface area contributed by atoms with E-state index in [2.05, 4.69) is 20.9 Å². The van der Waals surface area contributed by atoms with Crippen molar-refractivity contribution in [1.29, 1.82) is 0 Å². The van der Waals surface area contributed by atoms with Crippen molar-refractivity contribution in [2.24, 2.45) is 5.10 Å². The summed E-state index contributed by atoms with van der Waals surface area (Å²) < 4.78 is 40.2. The van der Waals surface area contributed by atoms with Gasteiger partial charge in [-0.25, -0.2) is 10.5 Å². The van der Waals surface area contributed by atoms with Crippen LogP contribution >= 0.6 is 0 Å². The van der Waals surface area contributed by atoms with Crippen molar-refractivity contribution in [3.63, 3.8) is 0 Å². The zero-order valence-corrected chi connectivity index (χ0v) is 10.9. The maximum atomic E-state index is 12.1. The van der Waals surface area contributed by atoms with E-state index in [1.165, 1.54) is 12.1 Å². The van der Waals surface area contributed by atoms with Gasteiger partial charge in [0, 0.05) is 11.8 Å². The molecule has 0 atom stereocenters. The molecule has 3 rings (SSSR count). The van der Waals surface area contributed by atoms with Crippen molar-refractivity contribution in [2.45, 2.75) is 13.3 Å². The number of allylic oxidation sites excluding steroid dienone is 2. The predicted octanol–water partition coefficient (Wildman–Crippen LogP) is 2.52. The second kappa shape index (κ2) is 4.81. The van der Waals surface area contributed by atoms with E-state index in [9.17, 15) is 13.2 Å². The first-order valence-corrected chi connectivity index (χ1v) is 6.07. The summed E-state index contributed by atoms with van der Waals surface area (Å²) in [6.07, 6.45) is -0.978. The number of amidine groups is 1. The number of hydrogen-bond donors (Lipinski definition) is 2. The summed E-state index contributed by atoms with van der Waals surface area (Å²) in [5, 5.41) is 5.74. The molecule has 2 aliphatic rings. The number of benzene rings is 1. The van der Waals surface area contributed by atoms with Crippen LogP contribution in [0.1, 0.15) is 12.5 Å². The minimum absolute atomic E-state index is 0.244. The van der Waals surface area contributed by atoms with E-state index in [0.29, 0.717) is 0 Å². The number of hydrazone groups is 1. The van der Waals surface area contributed by atoms with Gasteiger partial charge in [0.15, 0.2) is 5.84 Å². The van der Waals surface area contributed by atoms with Gasteiger partial charge in [-0.15, -0.1) is 23.8 Å². The number of halogens is 3. The Hall–Kier alpha value is -2.48. The van der Waals surface area contributed by atoms with Crippen LogP contribution in [-0.2, 0) is 0 Å². The molecule has 0 aromatic heterocycles. The van der Waals surface area contributed by atoms with E-state index in [1.54, 1.807) is 23.3 Å². The largest absolute Gasteiger partial charge is 0.573 e. The third kappa shape index (κ3) is 2.84. The van der Waals surface area contributed by atoms with Crippen LogP contribution < -0.4 is 15.8 Å². The molecule has 2 N–H and O–H groups in total. The fraction of sp³-hybridized carbons (Fsp3) is 0.154. The van der Waals surface area contributed by atoms with Gasteiger partial charge in [-0.1, -0.05) is 12.1 Å². The maximum absolute atomic E-state index is 12.1. The van der Waals surface area contributed by atoms with Crippen molar-refractivity contribution in [1.82, 2.24) is 16.1 Å². The summed E-state index contributed by atoms with van der Waals surface area (Å²) in [5.41, 5.74) is 8.01. The summed E-state index contributed by atoms with van der Waals surface area (Å²) in [5.74, 6) is 0.502. The van der Waals surface area contributed by atoms with E-state index < -0.39 is 6.36 Å². The molecule has 0 bridgehead atoms. The lowest BCUT2D eigenvalue weighted by atomic mass is 10.0. The number of fused-ring (bicyclic) bond motifs is 1. The number of rotatable bonds is 2. The highest BCUT2D eigenvalue weighted by Gasteiger charge is 2.31. The van der Waals surface area contributed by atoms with Gasteiger partial charge < -0.3 is 4.74 Å². The molecule has 2 heterocycles. The zero-order valence-electron chi connectivity index (χ0n) is 10.9. The Labute approximate surface area is 118 Å². The average Bonchev–Trinajstić information content (AvgIpc) is 2.86. The molecule has 0 saturated heterocycles. The SMILES string of the molecule is CC1=CC(c2ccc(OC(F)(F)F)cc2)=CN2NNN=C12. The maximum Gasteiger partial charge on any atom is 0.573 e. The Morgan fingerprint density at radius 3 is 2.57 bits per heavy atom. The molecule has 0 aliphatic carbocycles. The summed E-state index contributed by atoms with van der Waals surface area (Å²) in [6.45, 7) is 1.90. The predicted molar refractivity (Wildman–Crippen MR) is 70.4 cm³/mol. The first-order valence-electron chi connectivity index (χ1n) is 6.07. The Bertz CT molecular complexity index is 646. The Balaban J connectivity index is 1.83. The van der Waals surface area contributed by atoms with Crippen LogP contribution in [0.3, 0.4) is 0 Å². The topological polar surface area (TPSA) is 48.9 Å². The van der Waals surface area contributed by atoms with Crippen LogP contribution in [-0.4, -0.2) is 17.2 Å². The molecular formula is C13H11F3N4O. The zero-order chi connectivity index (χ0) is 15.0. The molecule has 0 amide bonds. The number of hydrazine groups is 2. The molecule has 5 nitrogen and oxygen atoms in total. The van der Waals surface area contributed by atoms with Gasteiger partial charge in [-0.2, -0.15) is 0 Å². The number of hydrogen-bond acceptors (Lipinski definition) is 5. The molecular weight excluding hydrogens is 285 g/mol. The van der Waals surface area contributed by atoms with Gasteiger partial charge in [0.1, 0.15) is 5.75 Å². The van der Waals surface area contributed by atoms with Gasteiger partial charge >= 0.3 is 6.36 Å². The monoisotopic (exact) mass is 296 g/mol. The van der Waals surface area contributed by atoms with Crippen LogP contribution in [0.2, 0.25) is 0 Å². The second-order valence-electron chi connectivity index (χ2n) is 4.51. The van der Waals surface area contributed by atoms with E-state index in [4.69, 9.17) is 0 Å². The van der Waals surface area contributed by atoms with Crippen LogP contribution in [0.15, 0.2) is 47.2 Å². The van der Waals surface area contributed by atoms with Gasteiger partial charge in [0.25, 0.3) is 0 Å². The molecule has 0 radical (unpaired) electrons. The Morgan fingerprint density at radius 2 is 1.90 bits per heavy atom. The molecule has 0 fully saturated rings. The number of nitrogens with zero attached hydrogens (tertiary/aromatic N) is 2. The molecule has 1 aromatic carbocycles. The van der Waals surface area contributed by atoms with Crippen LogP contribution in [0.4, 0.5) is 13.2 Å². The minimum atomic E-state index is -4.68. The lowest BCUT2D eigenvalue weighted by Crippen LogP contribution is -2.38. The minimum Gasteiger partial charge on any atom is -0.406 e. The van der Waals surface area contributed by atoms with Gasteiger partial charge in [-0.3, -0.25) is 0 Å².